The summed E-state index contributed by atoms with van der Waals surface area (Å²) in [6.45, 7) is 1.68. The van der Waals surface area contributed by atoms with Crippen molar-refractivity contribution in [3.8, 4) is 16.9 Å². The van der Waals surface area contributed by atoms with Gasteiger partial charge in [0.2, 0.25) is 5.91 Å². The van der Waals surface area contributed by atoms with Crippen LogP contribution in [-0.4, -0.2) is 21.9 Å². The molecule has 4 aromatic rings. The number of nitrogens with zero attached hydrogens (tertiary/aromatic N) is 2. The van der Waals surface area contributed by atoms with E-state index in [4.69, 9.17) is 9.15 Å². The van der Waals surface area contributed by atoms with Crippen molar-refractivity contribution in [1.29, 1.82) is 0 Å². The number of para-hydroxylation sites is 1. The summed E-state index contributed by atoms with van der Waals surface area (Å²) in [5.41, 5.74) is 2.89. The number of thioether (sulfide) groups is 1. The van der Waals surface area contributed by atoms with Gasteiger partial charge in [-0.2, -0.15) is 0 Å². The van der Waals surface area contributed by atoms with Crippen LogP contribution < -0.4 is 10.1 Å². The zero-order chi connectivity index (χ0) is 22.3. The topological polar surface area (TPSA) is 77.2 Å². The van der Waals surface area contributed by atoms with E-state index in [2.05, 4.69) is 15.5 Å². The van der Waals surface area contributed by atoms with Crippen LogP contribution in [-0.2, 0) is 4.79 Å². The maximum Gasteiger partial charge on any atom is 0.277 e. The van der Waals surface area contributed by atoms with Crippen LogP contribution in [0, 0.1) is 5.82 Å². The molecule has 1 amide bonds. The smallest absolute Gasteiger partial charge is 0.277 e. The van der Waals surface area contributed by atoms with Crippen LogP contribution in [0.3, 0.4) is 0 Å². The van der Waals surface area contributed by atoms with Gasteiger partial charge in [0.05, 0.1) is 5.75 Å². The quantitative estimate of drug-likeness (QED) is 0.345. The molecule has 1 aromatic heterocycles. The predicted octanol–water partition coefficient (Wildman–Crippen LogP) is 5.75. The fraction of sp³-hybridized carbons (Fsp3) is 0.125. The maximum absolute atomic E-state index is 13.7. The molecule has 3 aromatic carbocycles. The Kier molecular flexibility index (Phi) is 6.81. The van der Waals surface area contributed by atoms with Gasteiger partial charge in [-0.3, -0.25) is 4.79 Å². The molecule has 1 atom stereocenters. The summed E-state index contributed by atoms with van der Waals surface area (Å²) in [6, 6.07) is 23.7. The van der Waals surface area contributed by atoms with Crippen molar-refractivity contribution in [2.45, 2.75) is 18.3 Å². The minimum atomic E-state index is -0.634. The molecular weight excluding hydrogens is 429 g/mol. The molecule has 0 aliphatic carbocycles. The SMILES string of the molecule is CC(Oc1ccccc1F)c1nnc(SCC(=O)Nc2ccc(-c3ccccc3)cc2)o1. The second-order valence-corrected chi connectivity index (χ2v) is 7.80. The summed E-state index contributed by atoms with van der Waals surface area (Å²) in [5, 5.41) is 10.9. The number of aromatic nitrogens is 2. The number of halogens is 1. The van der Waals surface area contributed by atoms with Crippen LogP contribution in [0.1, 0.15) is 18.9 Å². The number of amides is 1. The van der Waals surface area contributed by atoms with E-state index in [1.54, 1.807) is 19.1 Å². The highest BCUT2D eigenvalue weighted by atomic mass is 32.2. The Hall–Kier alpha value is -3.65. The molecule has 162 valence electrons. The number of ether oxygens (including phenoxy) is 1. The molecule has 1 unspecified atom stereocenters. The molecule has 0 aliphatic rings. The lowest BCUT2D eigenvalue weighted by molar-refractivity contribution is -0.113. The Labute approximate surface area is 188 Å². The predicted molar refractivity (Wildman–Crippen MR) is 121 cm³/mol. The van der Waals surface area contributed by atoms with Gasteiger partial charge in [-0.05, 0) is 42.3 Å². The van der Waals surface area contributed by atoms with E-state index in [0.29, 0.717) is 5.69 Å². The van der Waals surface area contributed by atoms with E-state index >= 15 is 0 Å². The summed E-state index contributed by atoms with van der Waals surface area (Å²) < 4.78 is 24.8. The van der Waals surface area contributed by atoms with Crippen LogP contribution in [0.2, 0.25) is 0 Å². The number of nitrogens with one attached hydrogen (secondary N) is 1. The Balaban J connectivity index is 1.28. The summed E-state index contributed by atoms with van der Waals surface area (Å²) in [5.74, 6) is -0.262. The van der Waals surface area contributed by atoms with Gasteiger partial charge in [0, 0.05) is 5.69 Å². The minimum Gasteiger partial charge on any atom is -0.478 e. The third-order valence-electron chi connectivity index (χ3n) is 4.51. The zero-order valence-electron chi connectivity index (χ0n) is 17.2. The summed E-state index contributed by atoms with van der Waals surface area (Å²) in [4.78, 5) is 12.3. The Morgan fingerprint density at radius 1 is 1.00 bits per heavy atom. The largest absolute Gasteiger partial charge is 0.478 e. The lowest BCUT2D eigenvalue weighted by Gasteiger charge is -2.11. The summed E-state index contributed by atoms with van der Waals surface area (Å²) >= 11 is 1.11. The molecule has 0 fully saturated rings. The van der Waals surface area contributed by atoms with Crippen molar-refractivity contribution in [2.24, 2.45) is 0 Å². The van der Waals surface area contributed by atoms with Crippen molar-refractivity contribution in [1.82, 2.24) is 10.2 Å². The highest BCUT2D eigenvalue weighted by Gasteiger charge is 2.18. The highest BCUT2D eigenvalue weighted by molar-refractivity contribution is 7.99. The summed E-state index contributed by atoms with van der Waals surface area (Å²) in [6.07, 6.45) is -0.634. The van der Waals surface area contributed by atoms with E-state index in [-0.39, 0.29) is 28.5 Å². The molecule has 4 rings (SSSR count). The number of carbonyl (C=O) groups is 1. The molecule has 0 bridgehead atoms. The summed E-state index contributed by atoms with van der Waals surface area (Å²) in [7, 11) is 0. The maximum atomic E-state index is 13.7. The first-order valence-corrected chi connectivity index (χ1v) is 10.9. The molecule has 0 saturated heterocycles. The van der Waals surface area contributed by atoms with Crippen molar-refractivity contribution in [3.05, 3.63) is 90.6 Å². The van der Waals surface area contributed by atoms with Crippen LogP contribution in [0.4, 0.5) is 10.1 Å². The van der Waals surface area contributed by atoms with E-state index in [1.807, 2.05) is 54.6 Å². The second kappa shape index (κ2) is 10.1. The van der Waals surface area contributed by atoms with Gasteiger partial charge < -0.3 is 14.5 Å². The normalized spacial score (nSPS) is 11.7. The van der Waals surface area contributed by atoms with Gasteiger partial charge >= 0.3 is 0 Å². The van der Waals surface area contributed by atoms with Gasteiger partial charge in [0.15, 0.2) is 17.7 Å². The van der Waals surface area contributed by atoms with E-state index in [0.717, 1.165) is 22.9 Å². The molecule has 1 N–H and O–H groups in total. The van der Waals surface area contributed by atoms with Gasteiger partial charge in [0.25, 0.3) is 11.1 Å². The number of hydrogen-bond acceptors (Lipinski definition) is 6. The zero-order valence-corrected chi connectivity index (χ0v) is 18.0. The molecule has 6 nitrogen and oxygen atoms in total. The number of hydrogen-bond donors (Lipinski definition) is 1. The van der Waals surface area contributed by atoms with Gasteiger partial charge in [-0.25, -0.2) is 4.39 Å². The molecule has 0 aliphatic heterocycles. The lowest BCUT2D eigenvalue weighted by Crippen LogP contribution is -2.13. The number of anilines is 1. The fourth-order valence-electron chi connectivity index (χ4n) is 2.93. The van der Waals surface area contributed by atoms with E-state index in [9.17, 15) is 9.18 Å². The molecule has 8 heteroatoms. The van der Waals surface area contributed by atoms with E-state index < -0.39 is 11.9 Å². The van der Waals surface area contributed by atoms with Gasteiger partial charge in [-0.15, -0.1) is 10.2 Å². The lowest BCUT2D eigenvalue weighted by atomic mass is 10.1. The van der Waals surface area contributed by atoms with Gasteiger partial charge in [0.1, 0.15) is 0 Å². The number of benzene rings is 3. The second-order valence-electron chi connectivity index (χ2n) is 6.88. The third-order valence-corrected chi connectivity index (χ3v) is 5.33. The van der Waals surface area contributed by atoms with Crippen molar-refractivity contribution >= 4 is 23.4 Å². The van der Waals surface area contributed by atoms with Crippen LogP contribution >= 0.6 is 11.8 Å². The fourth-order valence-corrected chi connectivity index (χ4v) is 3.49. The Bertz CT molecular complexity index is 1180. The molecule has 1 heterocycles. The van der Waals surface area contributed by atoms with Crippen LogP contribution in [0.5, 0.6) is 5.75 Å². The molecule has 0 radical (unpaired) electrons. The Morgan fingerprint density at radius 3 is 2.44 bits per heavy atom. The van der Waals surface area contributed by atoms with Crippen molar-refractivity contribution in [2.75, 3.05) is 11.1 Å². The molecule has 0 spiro atoms. The average Bonchev–Trinajstić information content (AvgIpc) is 3.30. The molecule has 0 saturated carbocycles. The highest BCUT2D eigenvalue weighted by Crippen LogP contribution is 2.26. The number of carbonyl (C=O) groups excluding carboxylic acids is 1. The van der Waals surface area contributed by atoms with Crippen molar-refractivity contribution < 1.29 is 18.3 Å². The monoisotopic (exact) mass is 449 g/mol. The molecular formula is C24H20FN3O3S. The first-order chi connectivity index (χ1) is 15.6. The Morgan fingerprint density at radius 2 is 1.69 bits per heavy atom. The standard InChI is InChI=1S/C24H20FN3O3S/c1-16(30-21-10-6-5-9-20(21)25)23-27-28-24(31-23)32-15-22(29)26-19-13-11-18(12-14-19)17-7-3-2-4-8-17/h2-14,16H,15H2,1H3,(H,26,29). The molecule has 32 heavy (non-hydrogen) atoms. The van der Waals surface area contributed by atoms with Gasteiger partial charge in [-0.1, -0.05) is 66.4 Å². The van der Waals surface area contributed by atoms with Crippen LogP contribution in [0.15, 0.2) is 88.5 Å². The first kappa shape index (κ1) is 21.6. The third kappa shape index (κ3) is 5.53. The minimum absolute atomic E-state index is 0.102. The van der Waals surface area contributed by atoms with Crippen LogP contribution in [0.25, 0.3) is 11.1 Å². The van der Waals surface area contributed by atoms with E-state index in [1.165, 1.54) is 12.1 Å². The first-order valence-electron chi connectivity index (χ1n) is 9.91. The number of rotatable bonds is 8. The average molecular weight is 450 g/mol. The van der Waals surface area contributed by atoms with Crippen molar-refractivity contribution in [3.63, 3.8) is 0 Å².